The SMILES string of the molecule is O=C(Cn1c(CCCC(F)(F)F)nc(-c2ccc(C(F)(F)F)cc2)cc1=O)NCCc1nnc(-c2ccccc2)o1. The summed E-state index contributed by atoms with van der Waals surface area (Å²) in [6.45, 7) is -0.454. The highest BCUT2D eigenvalue weighted by Gasteiger charge is 2.30. The van der Waals surface area contributed by atoms with Crippen LogP contribution in [0.3, 0.4) is 0 Å². The smallest absolute Gasteiger partial charge is 0.416 e. The summed E-state index contributed by atoms with van der Waals surface area (Å²) in [5.74, 6) is -0.148. The minimum Gasteiger partial charge on any atom is -0.421 e. The number of nitrogens with one attached hydrogen (secondary N) is 1. The van der Waals surface area contributed by atoms with Crippen molar-refractivity contribution >= 4 is 5.91 Å². The molecular weight excluding hydrogens is 556 g/mol. The Balaban J connectivity index is 1.46. The molecule has 0 radical (unpaired) electrons. The van der Waals surface area contributed by atoms with Crippen LogP contribution < -0.4 is 10.9 Å². The molecule has 8 nitrogen and oxygen atoms in total. The minimum atomic E-state index is -4.57. The van der Waals surface area contributed by atoms with Crippen LogP contribution in [0.2, 0.25) is 0 Å². The Bertz CT molecular complexity index is 1530. The Kier molecular flexibility index (Phi) is 8.89. The fourth-order valence-corrected chi connectivity index (χ4v) is 3.90. The zero-order valence-electron chi connectivity index (χ0n) is 21.3. The fraction of sp³-hybridized carbons (Fsp3) is 0.296. The van der Waals surface area contributed by atoms with E-state index in [-0.39, 0.29) is 42.4 Å². The number of carbonyl (C=O) groups excluding carboxylic acids is 1. The van der Waals surface area contributed by atoms with Crippen molar-refractivity contribution in [2.45, 2.75) is 44.6 Å². The normalized spacial score (nSPS) is 12.0. The summed E-state index contributed by atoms with van der Waals surface area (Å²) >= 11 is 0. The third kappa shape index (κ3) is 8.25. The summed E-state index contributed by atoms with van der Waals surface area (Å²) in [6.07, 6.45) is -10.7. The van der Waals surface area contributed by atoms with E-state index in [2.05, 4.69) is 20.5 Å². The van der Waals surface area contributed by atoms with Crippen molar-refractivity contribution in [3.05, 3.63) is 88.3 Å². The first-order valence-corrected chi connectivity index (χ1v) is 12.4. The van der Waals surface area contributed by atoms with E-state index in [1.54, 1.807) is 12.1 Å². The largest absolute Gasteiger partial charge is 0.421 e. The summed E-state index contributed by atoms with van der Waals surface area (Å²) in [4.78, 5) is 29.7. The predicted octanol–water partition coefficient (Wildman–Crippen LogP) is 5.22. The lowest BCUT2D eigenvalue weighted by Crippen LogP contribution is -2.35. The number of halogens is 6. The highest BCUT2D eigenvalue weighted by Crippen LogP contribution is 2.30. The Morgan fingerprint density at radius 2 is 1.61 bits per heavy atom. The van der Waals surface area contributed by atoms with E-state index in [1.807, 2.05) is 18.2 Å². The lowest BCUT2D eigenvalue weighted by molar-refractivity contribution is -0.137. The van der Waals surface area contributed by atoms with Gasteiger partial charge in [-0.2, -0.15) is 26.3 Å². The van der Waals surface area contributed by atoms with Gasteiger partial charge in [-0.3, -0.25) is 14.2 Å². The van der Waals surface area contributed by atoms with Crippen LogP contribution in [0.5, 0.6) is 0 Å². The first kappa shape index (κ1) is 29.5. The van der Waals surface area contributed by atoms with Crippen molar-refractivity contribution in [1.29, 1.82) is 0 Å². The van der Waals surface area contributed by atoms with E-state index in [9.17, 15) is 35.9 Å². The summed E-state index contributed by atoms with van der Waals surface area (Å²) in [5.41, 5.74) is -0.781. The van der Waals surface area contributed by atoms with E-state index in [4.69, 9.17) is 4.42 Å². The number of hydrogen-bond acceptors (Lipinski definition) is 6. The van der Waals surface area contributed by atoms with Crippen molar-refractivity contribution in [2.24, 2.45) is 0 Å². The van der Waals surface area contributed by atoms with Crippen LogP contribution in [0.4, 0.5) is 26.3 Å². The highest BCUT2D eigenvalue weighted by atomic mass is 19.4. The Hall–Kier alpha value is -4.49. The third-order valence-electron chi connectivity index (χ3n) is 5.91. The lowest BCUT2D eigenvalue weighted by atomic mass is 10.1. The van der Waals surface area contributed by atoms with E-state index >= 15 is 0 Å². The third-order valence-corrected chi connectivity index (χ3v) is 5.91. The molecule has 0 saturated heterocycles. The number of carbonyl (C=O) groups is 1. The average molecular weight is 580 g/mol. The van der Waals surface area contributed by atoms with Gasteiger partial charge in [0.1, 0.15) is 12.4 Å². The zero-order valence-corrected chi connectivity index (χ0v) is 21.3. The van der Waals surface area contributed by atoms with Gasteiger partial charge in [0.05, 0.1) is 11.3 Å². The van der Waals surface area contributed by atoms with Crippen LogP contribution in [-0.4, -0.2) is 38.4 Å². The van der Waals surface area contributed by atoms with Gasteiger partial charge in [0.15, 0.2) is 0 Å². The number of nitrogens with zero attached hydrogens (tertiary/aromatic N) is 4. The molecular formula is C27H23F6N5O3. The Labute approximate surface area is 229 Å². The molecule has 2 aromatic carbocycles. The number of benzene rings is 2. The molecule has 1 N–H and O–H groups in total. The van der Waals surface area contributed by atoms with Gasteiger partial charge in [-0.15, -0.1) is 10.2 Å². The first-order chi connectivity index (χ1) is 19.4. The molecule has 0 unspecified atom stereocenters. The van der Waals surface area contributed by atoms with Crippen molar-refractivity contribution in [2.75, 3.05) is 6.54 Å². The van der Waals surface area contributed by atoms with Gasteiger partial charge in [0.25, 0.3) is 5.56 Å². The minimum absolute atomic E-state index is 0.0204. The maximum absolute atomic E-state index is 12.9. The number of alkyl halides is 6. The molecule has 0 spiro atoms. The second-order valence-electron chi connectivity index (χ2n) is 8.99. The number of hydrogen-bond donors (Lipinski definition) is 1. The van der Waals surface area contributed by atoms with Crippen LogP contribution in [-0.2, 0) is 30.4 Å². The van der Waals surface area contributed by atoms with Gasteiger partial charge >= 0.3 is 12.4 Å². The van der Waals surface area contributed by atoms with Gasteiger partial charge in [-0.25, -0.2) is 4.98 Å². The molecule has 0 saturated carbocycles. The van der Waals surface area contributed by atoms with Crippen LogP contribution in [0.1, 0.15) is 30.1 Å². The quantitative estimate of drug-likeness (QED) is 0.259. The summed E-state index contributed by atoms with van der Waals surface area (Å²) in [6, 6.07) is 13.9. The highest BCUT2D eigenvalue weighted by molar-refractivity contribution is 5.75. The first-order valence-electron chi connectivity index (χ1n) is 12.4. The topological polar surface area (TPSA) is 103 Å². The standard InChI is InChI=1S/C27H23F6N5O3/c28-26(29,30)13-4-7-21-35-20(17-8-10-19(11-9-17)27(31,32)33)15-24(40)38(21)16-22(39)34-14-12-23-36-37-25(41-23)18-5-2-1-3-6-18/h1-3,5-6,8-11,15H,4,7,12-14,16H2,(H,34,39). The van der Waals surface area contributed by atoms with Crippen molar-refractivity contribution < 1.29 is 35.6 Å². The fourth-order valence-electron chi connectivity index (χ4n) is 3.90. The molecule has 2 heterocycles. The molecule has 0 aliphatic carbocycles. The van der Waals surface area contributed by atoms with E-state index in [0.29, 0.717) is 5.89 Å². The summed E-state index contributed by atoms with van der Waals surface area (Å²) in [7, 11) is 0. The van der Waals surface area contributed by atoms with Gasteiger partial charge in [-0.05, 0) is 30.7 Å². The van der Waals surface area contributed by atoms with E-state index in [1.165, 1.54) is 0 Å². The van der Waals surface area contributed by atoms with Gasteiger partial charge in [-0.1, -0.05) is 30.3 Å². The molecule has 2 aromatic heterocycles. The monoisotopic (exact) mass is 579 g/mol. The average Bonchev–Trinajstić information content (AvgIpc) is 3.39. The van der Waals surface area contributed by atoms with Crippen LogP contribution >= 0.6 is 0 Å². The van der Waals surface area contributed by atoms with E-state index < -0.39 is 48.8 Å². The molecule has 0 bridgehead atoms. The molecule has 0 fully saturated rings. The Morgan fingerprint density at radius 3 is 2.27 bits per heavy atom. The predicted molar refractivity (Wildman–Crippen MR) is 134 cm³/mol. The second kappa shape index (κ2) is 12.4. The molecule has 0 aliphatic heterocycles. The van der Waals surface area contributed by atoms with Gasteiger partial charge in [0.2, 0.25) is 17.7 Å². The molecule has 14 heteroatoms. The number of aryl methyl sites for hydroxylation is 1. The molecule has 4 rings (SSSR count). The number of rotatable bonds is 10. The van der Waals surface area contributed by atoms with Crippen molar-refractivity contribution in [3.8, 4) is 22.7 Å². The molecule has 4 aromatic rings. The number of aromatic nitrogens is 4. The van der Waals surface area contributed by atoms with Crippen molar-refractivity contribution in [3.63, 3.8) is 0 Å². The maximum atomic E-state index is 12.9. The molecule has 0 aliphatic rings. The van der Waals surface area contributed by atoms with Crippen LogP contribution in [0, 0.1) is 0 Å². The summed E-state index contributed by atoms with van der Waals surface area (Å²) in [5, 5.41) is 10.5. The molecule has 0 atom stereocenters. The van der Waals surface area contributed by atoms with Gasteiger partial charge < -0.3 is 9.73 Å². The van der Waals surface area contributed by atoms with Gasteiger partial charge in [0, 0.05) is 43.0 Å². The summed E-state index contributed by atoms with van der Waals surface area (Å²) < 4.78 is 83.5. The molecule has 41 heavy (non-hydrogen) atoms. The van der Waals surface area contributed by atoms with Crippen molar-refractivity contribution in [1.82, 2.24) is 25.1 Å². The van der Waals surface area contributed by atoms with Crippen LogP contribution in [0.15, 0.2) is 69.9 Å². The van der Waals surface area contributed by atoms with E-state index in [0.717, 1.165) is 40.5 Å². The molecule has 1 amide bonds. The maximum Gasteiger partial charge on any atom is 0.416 e. The number of amides is 1. The lowest BCUT2D eigenvalue weighted by Gasteiger charge is -2.15. The molecule has 216 valence electrons. The van der Waals surface area contributed by atoms with Crippen LogP contribution in [0.25, 0.3) is 22.7 Å². The zero-order chi connectivity index (χ0) is 29.6. The second-order valence-corrected chi connectivity index (χ2v) is 8.99. The Morgan fingerprint density at radius 1 is 0.902 bits per heavy atom.